The molecule has 0 aliphatic carbocycles. The normalized spacial score (nSPS) is 12.4. The van der Waals surface area contributed by atoms with Crippen molar-refractivity contribution in [2.75, 3.05) is 6.26 Å². The van der Waals surface area contributed by atoms with Crippen LogP contribution < -0.4 is 5.63 Å². The molecule has 1 aliphatic heterocycles. The van der Waals surface area contributed by atoms with E-state index in [1.807, 2.05) is 36.6 Å². The molecule has 2 aromatic rings. The maximum Gasteiger partial charge on any atom is 0.355 e. The van der Waals surface area contributed by atoms with Gasteiger partial charge in [-0.1, -0.05) is 18.2 Å². The number of hydrogen-bond donors (Lipinski definition) is 0. The van der Waals surface area contributed by atoms with Crippen LogP contribution in [-0.2, 0) is 5.75 Å². The highest BCUT2D eigenvalue weighted by atomic mass is 32.2. The SMILES string of the molecule is CSc1c2c(oc(=O)c1C#N)-c1ccccc1SC2. The second-order valence-corrected chi connectivity index (χ2v) is 5.84. The minimum atomic E-state index is -0.549. The standard InChI is InChI=1S/C14H9NO2S2/c1-18-13-9(6-15)14(16)17-12-8-4-2-3-5-11(8)19-7-10(12)13/h2-5H,7H2,1H3. The molecule has 0 bridgehead atoms. The summed E-state index contributed by atoms with van der Waals surface area (Å²) in [4.78, 5) is 13.8. The Labute approximate surface area is 118 Å². The molecule has 3 rings (SSSR count). The van der Waals surface area contributed by atoms with Gasteiger partial charge in [-0.25, -0.2) is 4.79 Å². The Morgan fingerprint density at radius 3 is 2.95 bits per heavy atom. The summed E-state index contributed by atoms with van der Waals surface area (Å²) in [5.74, 6) is 1.34. The van der Waals surface area contributed by atoms with E-state index in [9.17, 15) is 4.79 Å². The van der Waals surface area contributed by atoms with Gasteiger partial charge in [0.1, 0.15) is 11.8 Å². The lowest BCUT2D eigenvalue weighted by atomic mass is 10.1. The van der Waals surface area contributed by atoms with Crippen LogP contribution in [0.3, 0.4) is 0 Å². The van der Waals surface area contributed by atoms with Crippen molar-refractivity contribution in [2.45, 2.75) is 15.5 Å². The van der Waals surface area contributed by atoms with Crippen LogP contribution in [0.4, 0.5) is 0 Å². The van der Waals surface area contributed by atoms with Crippen LogP contribution in [0.15, 0.2) is 43.3 Å². The van der Waals surface area contributed by atoms with Gasteiger partial charge in [-0.15, -0.1) is 23.5 Å². The fourth-order valence-corrected chi connectivity index (χ4v) is 4.05. The average Bonchev–Trinajstić information content (AvgIpc) is 2.45. The lowest BCUT2D eigenvalue weighted by Gasteiger charge is -2.19. The zero-order chi connectivity index (χ0) is 13.4. The molecule has 0 fully saturated rings. The first-order valence-corrected chi connectivity index (χ1v) is 7.83. The number of hydrogen-bond acceptors (Lipinski definition) is 5. The molecule has 0 radical (unpaired) electrons. The lowest BCUT2D eigenvalue weighted by Crippen LogP contribution is -2.11. The number of fused-ring (bicyclic) bond motifs is 3. The van der Waals surface area contributed by atoms with E-state index in [4.69, 9.17) is 9.68 Å². The summed E-state index contributed by atoms with van der Waals surface area (Å²) in [5.41, 5.74) is 1.46. The molecule has 3 nitrogen and oxygen atoms in total. The fraction of sp³-hybridized carbons (Fsp3) is 0.143. The third-order valence-electron chi connectivity index (χ3n) is 2.99. The highest BCUT2D eigenvalue weighted by molar-refractivity contribution is 7.99. The molecule has 2 heterocycles. The molecule has 0 spiro atoms. The van der Waals surface area contributed by atoms with Crippen LogP contribution in [0, 0.1) is 11.3 Å². The smallest absolute Gasteiger partial charge is 0.355 e. The van der Waals surface area contributed by atoms with E-state index in [1.165, 1.54) is 11.8 Å². The molecule has 19 heavy (non-hydrogen) atoms. The van der Waals surface area contributed by atoms with E-state index in [0.717, 1.165) is 26.7 Å². The Kier molecular flexibility index (Phi) is 3.13. The first kappa shape index (κ1) is 12.4. The van der Waals surface area contributed by atoms with Crippen molar-refractivity contribution in [1.29, 1.82) is 5.26 Å². The summed E-state index contributed by atoms with van der Waals surface area (Å²) in [5, 5.41) is 9.10. The number of nitriles is 1. The molecule has 0 N–H and O–H groups in total. The highest BCUT2D eigenvalue weighted by Gasteiger charge is 2.25. The quantitative estimate of drug-likeness (QED) is 0.751. The van der Waals surface area contributed by atoms with Crippen LogP contribution in [-0.4, -0.2) is 6.26 Å². The van der Waals surface area contributed by atoms with Crippen molar-refractivity contribution in [3.8, 4) is 17.4 Å². The molecule has 0 atom stereocenters. The first-order valence-electron chi connectivity index (χ1n) is 5.62. The molecular weight excluding hydrogens is 278 g/mol. The van der Waals surface area contributed by atoms with Gasteiger partial charge >= 0.3 is 5.63 Å². The molecule has 0 saturated carbocycles. The predicted octanol–water partition coefficient (Wildman–Crippen LogP) is 3.51. The topological polar surface area (TPSA) is 54.0 Å². The van der Waals surface area contributed by atoms with Crippen molar-refractivity contribution in [3.05, 3.63) is 45.8 Å². The van der Waals surface area contributed by atoms with E-state index in [2.05, 4.69) is 0 Å². The molecular formula is C14H9NO2S2. The van der Waals surface area contributed by atoms with Crippen molar-refractivity contribution in [3.63, 3.8) is 0 Å². The lowest BCUT2D eigenvalue weighted by molar-refractivity contribution is 0.511. The Morgan fingerprint density at radius 1 is 1.42 bits per heavy atom. The minimum Gasteiger partial charge on any atom is -0.421 e. The Morgan fingerprint density at radius 2 is 2.21 bits per heavy atom. The van der Waals surface area contributed by atoms with E-state index >= 15 is 0 Å². The molecule has 0 saturated heterocycles. The van der Waals surface area contributed by atoms with E-state index in [-0.39, 0.29) is 5.56 Å². The van der Waals surface area contributed by atoms with Crippen LogP contribution in [0.1, 0.15) is 11.1 Å². The zero-order valence-corrected chi connectivity index (χ0v) is 11.7. The first-order chi connectivity index (χ1) is 9.26. The maximum atomic E-state index is 11.9. The molecule has 5 heteroatoms. The molecule has 0 amide bonds. The summed E-state index contributed by atoms with van der Waals surface area (Å²) >= 11 is 3.13. The molecule has 1 aromatic carbocycles. The van der Waals surface area contributed by atoms with E-state index in [0.29, 0.717) is 5.76 Å². The highest BCUT2D eigenvalue weighted by Crippen LogP contribution is 2.44. The van der Waals surface area contributed by atoms with Gasteiger partial charge < -0.3 is 4.42 Å². The molecule has 94 valence electrons. The number of rotatable bonds is 1. The summed E-state index contributed by atoms with van der Waals surface area (Å²) in [6.07, 6.45) is 1.88. The van der Waals surface area contributed by atoms with Gasteiger partial charge in [0.15, 0.2) is 5.56 Å². The Hall–Kier alpha value is -1.64. The van der Waals surface area contributed by atoms with Crippen LogP contribution >= 0.6 is 23.5 Å². The maximum absolute atomic E-state index is 11.9. The van der Waals surface area contributed by atoms with Crippen LogP contribution in [0.25, 0.3) is 11.3 Å². The van der Waals surface area contributed by atoms with Crippen molar-refractivity contribution in [2.24, 2.45) is 0 Å². The molecule has 0 unspecified atom stereocenters. The van der Waals surface area contributed by atoms with Crippen molar-refractivity contribution >= 4 is 23.5 Å². The fourth-order valence-electron chi connectivity index (χ4n) is 2.15. The minimum absolute atomic E-state index is 0.117. The third-order valence-corrected chi connectivity index (χ3v) is 4.95. The van der Waals surface area contributed by atoms with Gasteiger partial charge in [0.05, 0.1) is 0 Å². The summed E-state index contributed by atoms with van der Waals surface area (Å²) in [6, 6.07) is 9.80. The largest absolute Gasteiger partial charge is 0.421 e. The molecule has 1 aliphatic rings. The third kappa shape index (κ3) is 1.88. The number of benzene rings is 1. The monoisotopic (exact) mass is 287 g/mol. The van der Waals surface area contributed by atoms with Crippen molar-refractivity contribution < 1.29 is 4.42 Å². The van der Waals surface area contributed by atoms with Gasteiger partial charge in [-0.05, 0) is 12.3 Å². The second kappa shape index (κ2) is 4.80. The number of thioether (sulfide) groups is 2. The Balaban J connectivity index is 2.37. The van der Waals surface area contributed by atoms with Gasteiger partial charge in [-0.2, -0.15) is 5.26 Å². The summed E-state index contributed by atoms with van der Waals surface area (Å²) in [6.45, 7) is 0. The summed E-state index contributed by atoms with van der Waals surface area (Å²) in [7, 11) is 0. The molecule has 1 aromatic heterocycles. The van der Waals surface area contributed by atoms with E-state index in [1.54, 1.807) is 11.8 Å². The second-order valence-electron chi connectivity index (χ2n) is 4.00. The van der Waals surface area contributed by atoms with Crippen molar-refractivity contribution in [1.82, 2.24) is 0 Å². The predicted molar refractivity (Wildman–Crippen MR) is 76.5 cm³/mol. The zero-order valence-electron chi connectivity index (χ0n) is 10.1. The van der Waals surface area contributed by atoms with Gasteiger partial charge in [0, 0.05) is 26.7 Å². The number of nitrogens with zero attached hydrogens (tertiary/aromatic N) is 1. The van der Waals surface area contributed by atoms with Crippen LogP contribution in [0.5, 0.6) is 0 Å². The summed E-state index contributed by atoms with van der Waals surface area (Å²) < 4.78 is 5.39. The van der Waals surface area contributed by atoms with E-state index < -0.39 is 5.63 Å². The van der Waals surface area contributed by atoms with Gasteiger partial charge in [0.25, 0.3) is 0 Å². The van der Waals surface area contributed by atoms with Gasteiger partial charge in [0.2, 0.25) is 0 Å². The Bertz CT molecular complexity index is 759. The van der Waals surface area contributed by atoms with Crippen LogP contribution in [0.2, 0.25) is 0 Å². The van der Waals surface area contributed by atoms with Gasteiger partial charge in [-0.3, -0.25) is 0 Å². The average molecular weight is 287 g/mol.